The molecule has 0 aliphatic carbocycles. The lowest BCUT2D eigenvalue weighted by Crippen LogP contribution is -2.27. The monoisotopic (exact) mass is 598 g/mol. The van der Waals surface area contributed by atoms with Gasteiger partial charge in [0.2, 0.25) is 5.91 Å². The van der Waals surface area contributed by atoms with Crippen molar-refractivity contribution in [3.63, 3.8) is 0 Å². The number of amides is 2. The number of rotatable bonds is 4. The molecule has 0 saturated heterocycles. The second-order valence-corrected chi connectivity index (χ2v) is 10.9. The summed E-state index contributed by atoms with van der Waals surface area (Å²) in [6.07, 6.45) is 8.07. The summed E-state index contributed by atoms with van der Waals surface area (Å²) < 4.78 is 4.64. The topological polar surface area (TPSA) is 168 Å². The van der Waals surface area contributed by atoms with Crippen LogP contribution in [0.2, 0.25) is 5.02 Å². The van der Waals surface area contributed by atoms with Crippen LogP contribution in [-0.2, 0) is 11.8 Å². The molecular weight excluding hydrogens is 572 g/mol. The van der Waals surface area contributed by atoms with E-state index in [0.717, 1.165) is 11.3 Å². The minimum Gasteiger partial charge on any atom is -0.364 e. The van der Waals surface area contributed by atoms with Crippen molar-refractivity contribution in [1.29, 1.82) is 0 Å². The van der Waals surface area contributed by atoms with Crippen LogP contribution in [0.1, 0.15) is 48.4 Å². The first-order valence-electron chi connectivity index (χ1n) is 13.6. The zero-order valence-corrected chi connectivity index (χ0v) is 24.1. The Kier molecular flexibility index (Phi) is 7.32. The summed E-state index contributed by atoms with van der Waals surface area (Å²) in [5.41, 5.74) is 9.26. The van der Waals surface area contributed by atoms with Crippen molar-refractivity contribution >= 4 is 29.1 Å². The summed E-state index contributed by atoms with van der Waals surface area (Å²) >= 11 is 6.32. The number of carbonyl (C=O) groups is 2. The van der Waals surface area contributed by atoms with E-state index in [4.69, 9.17) is 17.3 Å². The van der Waals surface area contributed by atoms with Crippen molar-refractivity contribution in [1.82, 2.24) is 39.3 Å². The molecule has 5 aromatic rings. The Hall–Kier alpha value is -5.17. The van der Waals surface area contributed by atoms with E-state index in [1.54, 1.807) is 39.8 Å². The molecule has 0 saturated carbocycles. The standard InChI is InChI=1S/C29H27ClN10O3/c1-16-4-3-5-25(21-10-17(8-9-32-21)27-22(35-29(16)43)13-34-38(27)2)39-15-33-20(12-26(39)41)19-11-18(30)6-7-24(19)40-14-23(28(31)42)36-37-40/h6-16,25H,3-5H2,1-2H3,(H2,31,42)(H,35,43)/t16-,25+/m1/s1. The largest absolute Gasteiger partial charge is 0.364 e. The summed E-state index contributed by atoms with van der Waals surface area (Å²) in [5.74, 6) is -1.05. The van der Waals surface area contributed by atoms with E-state index in [0.29, 0.717) is 52.6 Å². The number of aromatic nitrogens is 8. The third-order valence-electron chi connectivity index (χ3n) is 7.55. The molecule has 3 N–H and O–H groups in total. The van der Waals surface area contributed by atoms with Crippen LogP contribution in [0.3, 0.4) is 0 Å². The van der Waals surface area contributed by atoms with Gasteiger partial charge in [-0.1, -0.05) is 30.2 Å². The molecule has 0 radical (unpaired) electrons. The van der Waals surface area contributed by atoms with Crippen LogP contribution in [0, 0.1) is 5.92 Å². The summed E-state index contributed by atoms with van der Waals surface area (Å²) in [6, 6.07) is 9.76. The number of hydrogen-bond donors (Lipinski definition) is 2. The summed E-state index contributed by atoms with van der Waals surface area (Å²) in [7, 11) is 1.81. The van der Waals surface area contributed by atoms with Gasteiger partial charge in [0.05, 0.1) is 53.2 Å². The van der Waals surface area contributed by atoms with Gasteiger partial charge in [-0.2, -0.15) is 5.10 Å². The van der Waals surface area contributed by atoms with Gasteiger partial charge in [0.25, 0.3) is 11.5 Å². The summed E-state index contributed by atoms with van der Waals surface area (Å²) in [4.78, 5) is 47.5. The quantitative estimate of drug-likeness (QED) is 0.317. The number of benzene rings is 1. The van der Waals surface area contributed by atoms with Gasteiger partial charge < -0.3 is 11.1 Å². The van der Waals surface area contributed by atoms with Crippen molar-refractivity contribution in [3.8, 4) is 28.2 Å². The Morgan fingerprint density at radius 3 is 2.72 bits per heavy atom. The number of nitrogens with two attached hydrogens (primary N) is 1. The third-order valence-corrected chi connectivity index (χ3v) is 7.79. The summed E-state index contributed by atoms with van der Waals surface area (Å²) in [5, 5.41) is 15.6. The maximum atomic E-state index is 13.7. The number of hydrogen-bond acceptors (Lipinski definition) is 8. The maximum Gasteiger partial charge on any atom is 0.270 e. The molecule has 0 fully saturated rings. The first-order chi connectivity index (χ1) is 20.7. The molecule has 14 heteroatoms. The van der Waals surface area contributed by atoms with E-state index >= 15 is 0 Å². The van der Waals surface area contributed by atoms with E-state index in [2.05, 4.69) is 30.7 Å². The molecule has 2 bridgehead atoms. The zero-order valence-electron chi connectivity index (χ0n) is 23.3. The van der Waals surface area contributed by atoms with Crippen LogP contribution in [0.4, 0.5) is 5.69 Å². The average molecular weight is 599 g/mol. The van der Waals surface area contributed by atoms with Gasteiger partial charge >= 0.3 is 0 Å². The molecule has 218 valence electrons. The molecule has 43 heavy (non-hydrogen) atoms. The number of nitrogens with one attached hydrogen (secondary N) is 1. The minimum absolute atomic E-state index is 0.00782. The van der Waals surface area contributed by atoms with E-state index in [1.165, 1.54) is 23.3 Å². The molecule has 6 rings (SSSR count). The Bertz CT molecular complexity index is 1930. The SMILES string of the molecule is C[C@@H]1CCC[C@H](n2cnc(-c3cc(Cl)ccc3-n3cc(C(N)=O)nn3)cc2=O)c2cc(ccn2)-c2c(cnn2C)NC1=O. The van der Waals surface area contributed by atoms with Crippen LogP contribution in [-0.4, -0.2) is 51.1 Å². The van der Waals surface area contributed by atoms with Gasteiger partial charge in [0.1, 0.15) is 0 Å². The number of nitrogens with zero attached hydrogens (tertiary/aromatic N) is 8. The molecule has 13 nitrogen and oxygen atoms in total. The van der Waals surface area contributed by atoms with Crippen LogP contribution < -0.4 is 16.6 Å². The molecule has 2 atom stereocenters. The Balaban J connectivity index is 1.43. The first-order valence-corrected chi connectivity index (χ1v) is 14.0. The van der Waals surface area contributed by atoms with Crippen molar-refractivity contribution in [2.24, 2.45) is 18.7 Å². The van der Waals surface area contributed by atoms with Gasteiger partial charge in [0, 0.05) is 41.4 Å². The van der Waals surface area contributed by atoms with Crippen LogP contribution in [0.25, 0.3) is 28.2 Å². The lowest BCUT2D eigenvalue weighted by atomic mass is 9.97. The predicted octanol–water partition coefficient (Wildman–Crippen LogP) is 3.39. The fraction of sp³-hybridized carbons (Fsp3) is 0.241. The van der Waals surface area contributed by atoms with Gasteiger partial charge in [-0.3, -0.25) is 28.6 Å². The van der Waals surface area contributed by atoms with E-state index in [-0.39, 0.29) is 23.1 Å². The smallest absolute Gasteiger partial charge is 0.270 e. The van der Waals surface area contributed by atoms with Gasteiger partial charge in [-0.15, -0.1) is 5.10 Å². The fourth-order valence-corrected chi connectivity index (χ4v) is 5.45. The molecule has 1 aromatic carbocycles. The molecule has 1 aliphatic heterocycles. The average Bonchev–Trinajstić information content (AvgIpc) is 3.62. The molecule has 4 aromatic heterocycles. The third kappa shape index (κ3) is 5.42. The minimum atomic E-state index is -0.716. The number of fused-ring (bicyclic) bond motifs is 4. The van der Waals surface area contributed by atoms with Crippen LogP contribution >= 0.6 is 11.6 Å². The highest BCUT2D eigenvalue weighted by Gasteiger charge is 2.24. The van der Waals surface area contributed by atoms with E-state index < -0.39 is 11.9 Å². The predicted molar refractivity (Wildman–Crippen MR) is 159 cm³/mol. The van der Waals surface area contributed by atoms with Gasteiger partial charge in [0.15, 0.2) is 5.69 Å². The molecular formula is C29H27ClN10O3. The van der Waals surface area contributed by atoms with Crippen molar-refractivity contribution < 1.29 is 9.59 Å². The zero-order chi connectivity index (χ0) is 30.2. The highest BCUT2D eigenvalue weighted by Crippen LogP contribution is 2.33. The lowest BCUT2D eigenvalue weighted by Gasteiger charge is -2.22. The molecule has 1 aliphatic rings. The highest BCUT2D eigenvalue weighted by atomic mass is 35.5. The highest BCUT2D eigenvalue weighted by molar-refractivity contribution is 6.31. The Morgan fingerprint density at radius 1 is 1.12 bits per heavy atom. The van der Waals surface area contributed by atoms with Crippen LogP contribution in [0.15, 0.2) is 66.1 Å². The Morgan fingerprint density at radius 2 is 1.95 bits per heavy atom. The Labute approximate surface area is 250 Å². The normalized spacial score (nSPS) is 17.0. The van der Waals surface area contributed by atoms with Crippen molar-refractivity contribution in [3.05, 3.63) is 88.1 Å². The molecule has 5 heterocycles. The van der Waals surface area contributed by atoms with E-state index in [1.807, 2.05) is 26.1 Å². The molecule has 0 spiro atoms. The van der Waals surface area contributed by atoms with Gasteiger partial charge in [-0.25, -0.2) is 9.67 Å². The second-order valence-electron chi connectivity index (χ2n) is 10.4. The first kappa shape index (κ1) is 28.0. The number of aryl methyl sites for hydroxylation is 1. The number of carbonyl (C=O) groups excluding carboxylic acids is 2. The number of pyridine rings is 1. The van der Waals surface area contributed by atoms with E-state index in [9.17, 15) is 14.4 Å². The maximum absolute atomic E-state index is 13.7. The van der Waals surface area contributed by atoms with Crippen molar-refractivity contribution in [2.75, 3.05) is 5.32 Å². The fourth-order valence-electron chi connectivity index (χ4n) is 5.28. The number of primary amides is 1. The van der Waals surface area contributed by atoms with Crippen LogP contribution in [0.5, 0.6) is 0 Å². The number of halogens is 1. The lowest BCUT2D eigenvalue weighted by molar-refractivity contribution is -0.119. The second kappa shape index (κ2) is 11.2. The van der Waals surface area contributed by atoms with Gasteiger partial charge in [-0.05, 0) is 43.2 Å². The number of anilines is 1. The summed E-state index contributed by atoms with van der Waals surface area (Å²) in [6.45, 7) is 1.89. The molecule has 2 amide bonds. The molecule has 0 unspecified atom stereocenters. The van der Waals surface area contributed by atoms with Crippen molar-refractivity contribution in [2.45, 2.75) is 32.2 Å².